The molecule has 4 heterocycles. The van der Waals surface area contributed by atoms with E-state index in [1.807, 2.05) is 12.1 Å². The maximum absolute atomic E-state index is 13.2. The standard InChI is InChI=1S/C19H26N6O2S/c1-13-12-27-8-7-25(13)18-11-15(16-4-3-9-28(16,26)21-2)23-19(24-18)14-5-6-22-17(20)10-14/h5-6,10-11,13,16H,3-4,7-9,12H2,1-2H3,(H2,20,22)/t13-,16-,28?/m1/s1. The molecule has 0 spiro atoms. The van der Waals surface area contributed by atoms with Crippen molar-refractivity contribution >= 4 is 21.4 Å². The Balaban J connectivity index is 1.85. The first-order valence-corrected chi connectivity index (χ1v) is 11.3. The van der Waals surface area contributed by atoms with Crippen molar-refractivity contribution in [3.63, 3.8) is 0 Å². The normalized spacial score (nSPS) is 27.7. The second-order valence-corrected chi connectivity index (χ2v) is 9.99. The van der Waals surface area contributed by atoms with Crippen LogP contribution in [0.1, 0.15) is 30.7 Å². The number of aromatic nitrogens is 3. The highest BCUT2D eigenvalue weighted by atomic mass is 32.2. The van der Waals surface area contributed by atoms with Crippen molar-refractivity contribution in [3.05, 3.63) is 30.1 Å². The predicted molar refractivity (Wildman–Crippen MR) is 111 cm³/mol. The third-order valence-electron chi connectivity index (χ3n) is 5.42. The minimum absolute atomic E-state index is 0.173. The molecule has 4 rings (SSSR count). The van der Waals surface area contributed by atoms with Gasteiger partial charge in [0.1, 0.15) is 11.6 Å². The summed E-state index contributed by atoms with van der Waals surface area (Å²) < 4.78 is 23.1. The van der Waals surface area contributed by atoms with Crippen molar-refractivity contribution in [2.45, 2.75) is 31.1 Å². The minimum Gasteiger partial charge on any atom is -0.384 e. The summed E-state index contributed by atoms with van der Waals surface area (Å²) in [6.45, 7) is 4.19. The molecular formula is C19H26N6O2S. The Labute approximate surface area is 165 Å². The molecule has 0 amide bonds. The maximum Gasteiger partial charge on any atom is 0.161 e. The summed E-state index contributed by atoms with van der Waals surface area (Å²) in [6, 6.07) is 5.80. The second kappa shape index (κ2) is 7.63. The summed E-state index contributed by atoms with van der Waals surface area (Å²) in [4.78, 5) is 15.9. The Morgan fingerprint density at radius 2 is 2.21 bits per heavy atom. The molecule has 1 unspecified atom stereocenters. The van der Waals surface area contributed by atoms with Gasteiger partial charge in [-0.05, 0) is 31.9 Å². The van der Waals surface area contributed by atoms with Crippen LogP contribution in [0.2, 0.25) is 0 Å². The van der Waals surface area contributed by atoms with Gasteiger partial charge >= 0.3 is 0 Å². The largest absolute Gasteiger partial charge is 0.384 e. The quantitative estimate of drug-likeness (QED) is 0.839. The van der Waals surface area contributed by atoms with Crippen LogP contribution in [0.4, 0.5) is 11.6 Å². The number of nitrogens with two attached hydrogens (primary N) is 1. The predicted octanol–water partition coefficient (Wildman–Crippen LogP) is 2.28. The molecule has 2 aliphatic heterocycles. The Hall–Kier alpha value is -2.26. The van der Waals surface area contributed by atoms with Crippen LogP contribution in [0.3, 0.4) is 0 Å². The van der Waals surface area contributed by atoms with E-state index in [2.05, 4.69) is 21.2 Å². The van der Waals surface area contributed by atoms with Crippen molar-refractivity contribution in [1.29, 1.82) is 0 Å². The molecule has 8 nitrogen and oxygen atoms in total. The van der Waals surface area contributed by atoms with Gasteiger partial charge in [-0.2, -0.15) is 0 Å². The van der Waals surface area contributed by atoms with Crippen LogP contribution in [0, 0.1) is 0 Å². The molecule has 2 N–H and O–H groups in total. The Morgan fingerprint density at radius 1 is 1.36 bits per heavy atom. The van der Waals surface area contributed by atoms with Crippen LogP contribution >= 0.6 is 0 Å². The van der Waals surface area contributed by atoms with Crippen molar-refractivity contribution in [2.75, 3.05) is 43.2 Å². The highest BCUT2D eigenvalue weighted by molar-refractivity contribution is 7.94. The van der Waals surface area contributed by atoms with Gasteiger partial charge in [-0.25, -0.2) is 23.5 Å². The first-order chi connectivity index (χ1) is 13.5. The van der Waals surface area contributed by atoms with Crippen LogP contribution in [0.25, 0.3) is 11.4 Å². The van der Waals surface area contributed by atoms with E-state index in [4.69, 9.17) is 20.4 Å². The third kappa shape index (κ3) is 3.56. The van der Waals surface area contributed by atoms with Gasteiger partial charge < -0.3 is 15.4 Å². The van der Waals surface area contributed by atoms with E-state index < -0.39 is 9.73 Å². The van der Waals surface area contributed by atoms with E-state index in [-0.39, 0.29) is 11.3 Å². The fourth-order valence-electron chi connectivity index (χ4n) is 3.91. The van der Waals surface area contributed by atoms with Gasteiger partial charge in [0.2, 0.25) is 0 Å². The van der Waals surface area contributed by atoms with Crippen molar-refractivity contribution in [1.82, 2.24) is 15.0 Å². The molecule has 0 aliphatic carbocycles. The van der Waals surface area contributed by atoms with E-state index in [0.29, 0.717) is 30.6 Å². The van der Waals surface area contributed by atoms with Gasteiger partial charge in [-0.1, -0.05) is 0 Å². The maximum atomic E-state index is 13.2. The monoisotopic (exact) mass is 402 g/mol. The molecule has 150 valence electrons. The molecule has 2 fully saturated rings. The molecule has 2 aromatic heterocycles. The average Bonchev–Trinajstić information content (AvgIpc) is 3.10. The zero-order valence-electron chi connectivity index (χ0n) is 16.2. The number of ether oxygens (including phenoxy) is 1. The van der Waals surface area contributed by atoms with Crippen LogP contribution in [0.5, 0.6) is 0 Å². The zero-order chi connectivity index (χ0) is 19.7. The molecule has 0 aromatic carbocycles. The minimum atomic E-state index is -2.30. The summed E-state index contributed by atoms with van der Waals surface area (Å²) in [5.41, 5.74) is 7.46. The highest BCUT2D eigenvalue weighted by Crippen LogP contribution is 2.37. The first kappa shape index (κ1) is 19.1. The number of hydrogen-bond donors (Lipinski definition) is 1. The van der Waals surface area contributed by atoms with E-state index in [9.17, 15) is 4.21 Å². The Morgan fingerprint density at radius 3 is 2.96 bits per heavy atom. The molecule has 2 aliphatic rings. The molecule has 2 saturated heterocycles. The van der Waals surface area contributed by atoms with Crippen LogP contribution in [-0.2, 0) is 14.5 Å². The number of pyridine rings is 1. The highest BCUT2D eigenvalue weighted by Gasteiger charge is 2.33. The molecule has 3 atom stereocenters. The van der Waals surface area contributed by atoms with Crippen LogP contribution in [-0.4, -0.2) is 57.8 Å². The van der Waals surface area contributed by atoms with Gasteiger partial charge in [0, 0.05) is 37.2 Å². The van der Waals surface area contributed by atoms with Gasteiger partial charge in [0.05, 0.1) is 39.9 Å². The fourth-order valence-corrected chi connectivity index (χ4v) is 6.24. The van der Waals surface area contributed by atoms with E-state index in [0.717, 1.165) is 36.5 Å². The van der Waals surface area contributed by atoms with Gasteiger partial charge in [-0.15, -0.1) is 0 Å². The lowest BCUT2D eigenvalue weighted by Gasteiger charge is -2.34. The van der Waals surface area contributed by atoms with Crippen molar-refractivity contribution < 1.29 is 8.95 Å². The molecule has 28 heavy (non-hydrogen) atoms. The molecular weight excluding hydrogens is 376 g/mol. The molecule has 0 saturated carbocycles. The summed E-state index contributed by atoms with van der Waals surface area (Å²) in [7, 11) is -0.649. The summed E-state index contributed by atoms with van der Waals surface area (Å²) in [5, 5.41) is -0.173. The van der Waals surface area contributed by atoms with E-state index in [1.54, 1.807) is 19.3 Å². The lowest BCUT2D eigenvalue weighted by molar-refractivity contribution is 0.0985. The third-order valence-corrected chi connectivity index (χ3v) is 8.28. The SMILES string of the molecule is CN=S1(=O)CCC[C@@H]1c1cc(N2CCOC[C@H]2C)nc(-c2ccnc(N)c2)n1. The fraction of sp³-hybridized carbons (Fsp3) is 0.526. The zero-order valence-corrected chi connectivity index (χ0v) is 17.1. The molecule has 0 radical (unpaired) electrons. The average molecular weight is 403 g/mol. The van der Waals surface area contributed by atoms with Crippen LogP contribution < -0.4 is 10.6 Å². The summed E-state index contributed by atoms with van der Waals surface area (Å²) in [5.74, 6) is 2.45. The van der Waals surface area contributed by atoms with Gasteiger partial charge in [-0.3, -0.25) is 0 Å². The number of morpholine rings is 1. The molecule has 9 heteroatoms. The lowest BCUT2D eigenvalue weighted by atomic mass is 10.1. The van der Waals surface area contributed by atoms with Crippen molar-refractivity contribution in [2.24, 2.45) is 4.36 Å². The number of anilines is 2. The lowest BCUT2D eigenvalue weighted by Crippen LogP contribution is -2.44. The summed E-state index contributed by atoms with van der Waals surface area (Å²) >= 11 is 0. The molecule has 2 aromatic rings. The number of hydrogen-bond acceptors (Lipinski definition) is 8. The van der Waals surface area contributed by atoms with Gasteiger partial charge in [0.25, 0.3) is 0 Å². The Bertz CT molecular complexity index is 988. The Kier molecular flexibility index (Phi) is 5.20. The first-order valence-electron chi connectivity index (χ1n) is 9.57. The van der Waals surface area contributed by atoms with Crippen molar-refractivity contribution in [3.8, 4) is 11.4 Å². The number of nitrogens with zero attached hydrogens (tertiary/aromatic N) is 5. The second-order valence-electron chi connectivity index (χ2n) is 7.27. The molecule has 0 bridgehead atoms. The van der Waals surface area contributed by atoms with Crippen LogP contribution in [0.15, 0.2) is 28.8 Å². The van der Waals surface area contributed by atoms with E-state index >= 15 is 0 Å². The number of nitrogen functional groups attached to an aromatic ring is 1. The number of rotatable bonds is 3. The smallest absolute Gasteiger partial charge is 0.161 e. The van der Waals surface area contributed by atoms with Gasteiger partial charge in [0.15, 0.2) is 5.82 Å². The summed E-state index contributed by atoms with van der Waals surface area (Å²) in [6.07, 6.45) is 3.37. The topological polar surface area (TPSA) is 107 Å². The van der Waals surface area contributed by atoms with E-state index in [1.165, 1.54) is 0 Å².